The molecule has 6 nitrogen and oxygen atoms in total. The Morgan fingerprint density at radius 3 is 1.64 bits per heavy atom. The molecule has 262 valence electrons. The Hall–Kier alpha value is -7.70. The monoisotopic (exact) mass is 716 g/mol. The molecule has 0 aliphatic heterocycles. The summed E-state index contributed by atoms with van der Waals surface area (Å²) in [6.07, 6.45) is 5.47. The van der Waals surface area contributed by atoms with Gasteiger partial charge in [-0.25, -0.2) is 9.97 Å². The molecule has 0 unspecified atom stereocenters. The molecule has 11 rings (SSSR count). The molecule has 0 atom stereocenters. The summed E-state index contributed by atoms with van der Waals surface area (Å²) in [5, 5.41) is 4.76. The van der Waals surface area contributed by atoms with Gasteiger partial charge in [0.15, 0.2) is 0 Å². The van der Waals surface area contributed by atoms with Crippen molar-refractivity contribution in [1.82, 2.24) is 29.1 Å². The standard InChI is InChI=1S/C50H32N6/c1-2-11-37(12-3-1)55-47-17-5-4-13-39(47)40-24-20-35(32-49(40)55)34-21-25-48-42(29-34)41-14-10-28-53-50(41)56(48)38-22-18-33(19-23-38)36-30-45(43-15-6-8-26-51-43)54-46(31-36)44-16-7-9-27-52-44/h1-32H. The van der Waals surface area contributed by atoms with Gasteiger partial charge in [0.25, 0.3) is 0 Å². The van der Waals surface area contributed by atoms with Crippen LogP contribution in [0.1, 0.15) is 0 Å². The van der Waals surface area contributed by atoms with Crippen LogP contribution in [0.5, 0.6) is 0 Å². The minimum atomic E-state index is 0.802. The Bertz CT molecular complexity index is 3160. The number of rotatable bonds is 6. The highest BCUT2D eigenvalue weighted by Crippen LogP contribution is 2.38. The molecular formula is C50H32N6. The molecule has 0 saturated heterocycles. The number of aromatic nitrogens is 6. The third kappa shape index (κ3) is 5.27. The molecule has 0 spiro atoms. The van der Waals surface area contributed by atoms with E-state index in [1.54, 1.807) is 12.4 Å². The van der Waals surface area contributed by atoms with Gasteiger partial charge >= 0.3 is 0 Å². The van der Waals surface area contributed by atoms with Crippen molar-refractivity contribution in [2.24, 2.45) is 0 Å². The highest BCUT2D eigenvalue weighted by molar-refractivity contribution is 6.12. The van der Waals surface area contributed by atoms with Crippen molar-refractivity contribution in [3.63, 3.8) is 0 Å². The van der Waals surface area contributed by atoms with Crippen molar-refractivity contribution in [2.75, 3.05) is 0 Å². The lowest BCUT2D eigenvalue weighted by Crippen LogP contribution is -1.96. The maximum atomic E-state index is 4.96. The molecule has 0 amide bonds. The summed E-state index contributed by atoms with van der Waals surface area (Å²) in [5.74, 6) is 0. The molecule has 11 aromatic rings. The van der Waals surface area contributed by atoms with Gasteiger partial charge in [0.1, 0.15) is 5.65 Å². The van der Waals surface area contributed by atoms with E-state index in [2.05, 4.69) is 153 Å². The molecule has 56 heavy (non-hydrogen) atoms. The second kappa shape index (κ2) is 13.0. The van der Waals surface area contributed by atoms with Gasteiger partial charge in [-0.3, -0.25) is 14.5 Å². The van der Waals surface area contributed by atoms with Gasteiger partial charge < -0.3 is 4.57 Å². The lowest BCUT2D eigenvalue weighted by Gasteiger charge is -2.11. The third-order valence-electron chi connectivity index (χ3n) is 10.7. The van der Waals surface area contributed by atoms with Gasteiger partial charge in [0.05, 0.1) is 39.3 Å². The van der Waals surface area contributed by atoms with Crippen molar-refractivity contribution >= 4 is 43.7 Å². The average molecular weight is 717 g/mol. The zero-order chi connectivity index (χ0) is 37.0. The number of nitrogens with zero attached hydrogens (tertiary/aromatic N) is 6. The molecule has 0 aliphatic carbocycles. The number of benzene rings is 5. The molecular weight excluding hydrogens is 685 g/mol. The van der Waals surface area contributed by atoms with Crippen LogP contribution in [0.25, 0.3) is 100 Å². The van der Waals surface area contributed by atoms with E-state index in [4.69, 9.17) is 9.97 Å². The van der Waals surface area contributed by atoms with Crippen LogP contribution in [-0.4, -0.2) is 29.1 Å². The Labute approximate surface area is 322 Å². The van der Waals surface area contributed by atoms with Crippen LogP contribution in [-0.2, 0) is 0 Å². The molecule has 0 saturated carbocycles. The predicted octanol–water partition coefficient (Wildman–Crippen LogP) is 12.1. The van der Waals surface area contributed by atoms with E-state index in [1.807, 2.05) is 48.7 Å². The van der Waals surface area contributed by atoms with Crippen LogP contribution in [0.15, 0.2) is 195 Å². The van der Waals surface area contributed by atoms with E-state index < -0.39 is 0 Å². The minimum Gasteiger partial charge on any atom is -0.309 e. The van der Waals surface area contributed by atoms with E-state index in [1.165, 1.54) is 27.4 Å². The maximum Gasteiger partial charge on any atom is 0.145 e. The Morgan fingerprint density at radius 1 is 0.304 bits per heavy atom. The Balaban J connectivity index is 1.02. The van der Waals surface area contributed by atoms with Crippen molar-refractivity contribution in [3.8, 4) is 56.4 Å². The van der Waals surface area contributed by atoms with Crippen LogP contribution in [0.2, 0.25) is 0 Å². The third-order valence-corrected chi connectivity index (χ3v) is 10.7. The highest BCUT2D eigenvalue weighted by atomic mass is 15.0. The first-order valence-corrected chi connectivity index (χ1v) is 18.7. The van der Waals surface area contributed by atoms with Crippen LogP contribution in [0.4, 0.5) is 0 Å². The minimum absolute atomic E-state index is 0.802. The Morgan fingerprint density at radius 2 is 0.893 bits per heavy atom. The molecule has 0 fully saturated rings. The van der Waals surface area contributed by atoms with Gasteiger partial charge in [0.2, 0.25) is 0 Å². The number of hydrogen-bond acceptors (Lipinski definition) is 4. The van der Waals surface area contributed by atoms with Crippen LogP contribution < -0.4 is 0 Å². The summed E-state index contributed by atoms with van der Waals surface area (Å²) >= 11 is 0. The number of hydrogen-bond donors (Lipinski definition) is 0. The summed E-state index contributed by atoms with van der Waals surface area (Å²) in [7, 11) is 0. The molecule has 0 radical (unpaired) electrons. The lowest BCUT2D eigenvalue weighted by atomic mass is 10.0. The van der Waals surface area contributed by atoms with E-state index in [0.29, 0.717) is 0 Å². The first-order chi connectivity index (χ1) is 27.8. The van der Waals surface area contributed by atoms with Crippen LogP contribution >= 0.6 is 0 Å². The van der Waals surface area contributed by atoms with E-state index in [9.17, 15) is 0 Å². The second-order valence-electron chi connectivity index (χ2n) is 14.0. The highest BCUT2D eigenvalue weighted by Gasteiger charge is 2.17. The van der Waals surface area contributed by atoms with Crippen molar-refractivity contribution < 1.29 is 0 Å². The number of fused-ring (bicyclic) bond motifs is 6. The van der Waals surface area contributed by atoms with Crippen LogP contribution in [0, 0.1) is 0 Å². The molecule has 6 heteroatoms. The van der Waals surface area contributed by atoms with Gasteiger partial charge in [-0.1, -0.05) is 78.9 Å². The second-order valence-corrected chi connectivity index (χ2v) is 14.0. The van der Waals surface area contributed by atoms with Crippen molar-refractivity contribution in [1.29, 1.82) is 0 Å². The quantitative estimate of drug-likeness (QED) is 0.172. The molecule has 0 bridgehead atoms. The van der Waals surface area contributed by atoms with Gasteiger partial charge in [-0.15, -0.1) is 0 Å². The predicted molar refractivity (Wildman–Crippen MR) is 228 cm³/mol. The molecule has 6 aromatic heterocycles. The molecule has 6 heterocycles. The summed E-state index contributed by atoms with van der Waals surface area (Å²) in [4.78, 5) is 19.1. The lowest BCUT2D eigenvalue weighted by molar-refractivity contribution is 1.14. The molecule has 5 aromatic carbocycles. The topological polar surface area (TPSA) is 61.4 Å². The summed E-state index contributed by atoms with van der Waals surface area (Å²) in [5.41, 5.74) is 14.3. The fourth-order valence-corrected chi connectivity index (χ4v) is 8.08. The summed E-state index contributed by atoms with van der Waals surface area (Å²) in [6.45, 7) is 0. The Kier molecular flexibility index (Phi) is 7.38. The van der Waals surface area contributed by atoms with Gasteiger partial charge in [-0.05, 0) is 119 Å². The van der Waals surface area contributed by atoms with E-state index >= 15 is 0 Å². The largest absolute Gasteiger partial charge is 0.309 e. The fourth-order valence-electron chi connectivity index (χ4n) is 8.08. The van der Waals surface area contributed by atoms with Gasteiger partial charge in [0, 0.05) is 51.5 Å². The zero-order valence-electron chi connectivity index (χ0n) is 30.2. The van der Waals surface area contributed by atoms with Crippen molar-refractivity contribution in [2.45, 2.75) is 0 Å². The van der Waals surface area contributed by atoms with Crippen LogP contribution in [0.3, 0.4) is 0 Å². The number of pyridine rings is 4. The van der Waals surface area contributed by atoms with E-state index in [0.717, 1.165) is 72.8 Å². The van der Waals surface area contributed by atoms with Crippen molar-refractivity contribution in [3.05, 3.63) is 195 Å². The van der Waals surface area contributed by atoms with E-state index in [-0.39, 0.29) is 0 Å². The molecule has 0 aliphatic rings. The summed E-state index contributed by atoms with van der Waals surface area (Å²) in [6, 6.07) is 61.8. The SMILES string of the molecule is c1ccc(-n2c3ccccc3c3ccc(-c4ccc5c(c4)c4cccnc4n5-c4ccc(-c5cc(-c6ccccn6)nc(-c6ccccn6)c5)cc4)cc32)cc1. The first-order valence-electron chi connectivity index (χ1n) is 18.7. The smallest absolute Gasteiger partial charge is 0.145 e. The number of para-hydroxylation sites is 2. The zero-order valence-corrected chi connectivity index (χ0v) is 30.2. The normalized spacial score (nSPS) is 11.6. The summed E-state index contributed by atoms with van der Waals surface area (Å²) < 4.78 is 4.64. The first kappa shape index (κ1) is 31.8. The molecule has 0 N–H and O–H groups in total. The fraction of sp³-hybridized carbons (Fsp3) is 0. The maximum absolute atomic E-state index is 4.96. The van der Waals surface area contributed by atoms with Gasteiger partial charge in [-0.2, -0.15) is 0 Å². The average Bonchev–Trinajstić information content (AvgIpc) is 3.79.